The van der Waals surface area contributed by atoms with E-state index in [1.807, 2.05) is 0 Å². The minimum atomic E-state index is -1.14. The molecule has 0 atom stereocenters. The van der Waals surface area contributed by atoms with Crippen LogP contribution in [0, 0.1) is 11.3 Å². The van der Waals surface area contributed by atoms with Crippen LogP contribution in [0.25, 0.3) is 22.3 Å². The van der Waals surface area contributed by atoms with E-state index >= 15 is 0 Å². The molecule has 2 heterocycles. The van der Waals surface area contributed by atoms with E-state index < -0.39 is 5.97 Å². The molecule has 0 unspecified atom stereocenters. The summed E-state index contributed by atoms with van der Waals surface area (Å²) in [5, 5.41) is 21.8. The van der Waals surface area contributed by atoms with E-state index in [-0.39, 0.29) is 22.7 Å². The number of carbonyl (C=O) groups is 2. The van der Waals surface area contributed by atoms with Crippen LogP contribution in [0.15, 0.2) is 42.9 Å². The fraction of sp³-hybridized carbons (Fsp3) is 0.0556. The van der Waals surface area contributed by atoms with Crippen LogP contribution in [-0.4, -0.2) is 31.9 Å². The van der Waals surface area contributed by atoms with Gasteiger partial charge >= 0.3 is 5.97 Å². The molecule has 8 heteroatoms. The first kappa shape index (κ1) is 16.9. The van der Waals surface area contributed by atoms with Gasteiger partial charge in [-0.15, -0.1) is 0 Å². The van der Waals surface area contributed by atoms with Gasteiger partial charge in [0.25, 0.3) is 5.91 Å². The van der Waals surface area contributed by atoms with Crippen LogP contribution in [0.5, 0.6) is 0 Å². The maximum atomic E-state index is 11.8. The molecule has 26 heavy (non-hydrogen) atoms. The fourth-order valence-electron chi connectivity index (χ4n) is 2.49. The molecule has 1 amide bonds. The van der Waals surface area contributed by atoms with Crippen molar-refractivity contribution in [2.24, 2.45) is 0 Å². The molecule has 0 aliphatic heterocycles. The normalized spacial score (nSPS) is 10.3. The molecule has 8 nitrogen and oxygen atoms in total. The zero-order valence-electron chi connectivity index (χ0n) is 13.7. The minimum Gasteiger partial charge on any atom is -0.478 e. The lowest BCUT2D eigenvalue weighted by atomic mass is 10.0. The van der Waals surface area contributed by atoms with Gasteiger partial charge in [0, 0.05) is 23.0 Å². The Bertz CT molecular complexity index is 1110. The number of fused-ring (bicyclic) bond motifs is 1. The third-order valence-electron chi connectivity index (χ3n) is 3.74. The molecule has 3 aromatic rings. The second kappa shape index (κ2) is 6.49. The molecule has 0 fully saturated rings. The number of hydrogen-bond donors (Lipinski definition) is 3. The van der Waals surface area contributed by atoms with Gasteiger partial charge in [-0.05, 0) is 25.1 Å². The van der Waals surface area contributed by atoms with E-state index in [4.69, 9.17) is 0 Å². The SMILES string of the molecule is C=C(C)C(=O)Nc1ccc(C#N)c(-c2ncnc3[nH]cc(C(=O)O)c23)c1. The smallest absolute Gasteiger partial charge is 0.338 e. The van der Waals surface area contributed by atoms with E-state index in [1.165, 1.54) is 18.6 Å². The monoisotopic (exact) mass is 347 g/mol. The van der Waals surface area contributed by atoms with Crippen molar-refractivity contribution in [3.63, 3.8) is 0 Å². The highest BCUT2D eigenvalue weighted by Gasteiger charge is 2.19. The highest BCUT2D eigenvalue weighted by Crippen LogP contribution is 2.32. The third kappa shape index (κ3) is 2.89. The maximum absolute atomic E-state index is 11.8. The van der Waals surface area contributed by atoms with Crippen molar-refractivity contribution in [2.75, 3.05) is 5.32 Å². The van der Waals surface area contributed by atoms with Crippen LogP contribution in [0.4, 0.5) is 5.69 Å². The lowest BCUT2D eigenvalue weighted by Gasteiger charge is -2.10. The van der Waals surface area contributed by atoms with E-state index in [0.29, 0.717) is 27.9 Å². The number of carboxylic acid groups (broad SMARTS) is 1. The summed E-state index contributed by atoms with van der Waals surface area (Å²) in [6, 6.07) is 6.74. The van der Waals surface area contributed by atoms with Crippen molar-refractivity contribution in [2.45, 2.75) is 6.92 Å². The van der Waals surface area contributed by atoms with Crippen molar-refractivity contribution >= 4 is 28.6 Å². The molecule has 0 aliphatic carbocycles. The summed E-state index contributed by atoms with van der Waals surface area (Å²) in [7, 11) is 0. The molecule has 3 rings (SSSR count). The van der Waals surface area contributed by atoms with Crippen molar-refractivity contribution in [3.8, 4) is 17.3 Å². The van der Waals surface area contributed by atoms with Crippen molar-refractivity contribution in [3.05, 3.63) is 54.0 Å². The number of aromatic nitrogens is 3. The summed E-state index contributed by atoms with van der Waals surface area (Å²) < 4.78 is 0. The molecule has 0 aliphatic rings. The first-order valence-electron chi connectivity index (χ1n) is 7.49. The molecule has 1 aromatic carbocycles. The van der Waals surface area contributed by atoms with E-state index in [2.05, 4.69) is 32.9 Å². The number of carboxylic acids is 1. The summed E-state index contributed by atoms with van der Waals surface area (Å²) in [6.45, 7) is 5.15. The predicted molar refractivity (Wildman–Crippen MR) is 94.4 cm³/mol. The minimum absolute atomic E-state index is 0.00383. The number of nitrogens with zero attached hydrogens (tertiary/aromatic N) is 3. The van der Waals surface area contributed by atoms with Gasteiger partial charge in [-0.3, -0.25) is 4.79 Å². The number of aromatic carboxylic acids is 1. The first-order valence-corrected chi connectivity index (χ1v) is 7.49. The third-order valence-corrected chi connectivity index (χ3v) is 3.74. The van der Waals surface area contributed by atoms with Crippen LogP contribution in [0.2, 0.25) is 0 Å². The Labute approximate surface area is 147 Å². The number of H-pyrrole nitrogens is 1. The Morgan fingerprint density at radius 2 is 2.12 bits per heavy atom. The van der Waals surface area contributed by atoms with Gasteiger partial charge in [-0.2, -0.15) is 5.26 Å². The number of amides is 1. The summed E-state index contributed by atoms with van der Waals surface area (Å²) in [4.78, 5) is 34.3. The van der Waals surface area contributed by atoms with Crippen molar-refractivity contribution < 1.29 is 14.7 Å². The van der Waals surface area contributed by atoms with Crippen LogP contribution < -0.4 is 5.32 Å². The number of benzene rings is 1. The molecule has 0 saturated carbocycles. The lowest BCUT2D eigenvalue weighted by Crippen LogP contribution is -2.12. The summed E-state index contributed by atoms with van der Waals surface area (Å²) >= 11 is 0. The second-order valence-corrected chi connectivity index (χ2v) is 5.56. The van der Waals surface area contributed by atoms with Crippen molar-refractivity contribution in [1.82, 2.24) is 15.0 Å². The number of hydrogen-bond acceptors (Lipinski definition) is 5. The molecular weight excluding hydrogens is 334 g/mol. The number of nitrogens with one attached hydrogen (secondary N) is 2. The highest BCUT2D eigenvalue weighted by atomic mass is 16.4. The fourth-order valence-corrected chi connectivity index (χ4v) is 2.49. The van der Waals surface area contributed by atoms with Gasteiger partial charge < -0.3 is 15.4 Å². The molecule has 2 aromatic heterocycles. The highest BCUT2D eigenvalue weighted by molar-refractivity contribution is 6.08. The summed E-state index contributed by atoms with van der Waals surface area (Å²) in [5.41, 5.74) is 2.07. The van der Waals surface area contributed by atoms with Gasteiger partial charge in [-0.1, -0.05) is 6.58 Å². The van der Waals surface area contributed by atoms with Gasteiger partial charge in [0.2, 0.25) is 0 Å². The number of carbonyl (C=O) groups excluding carboxylic acids is 1. The van der Waals surface area contributed by atoms with E-state index in [9.17, 15) is 20.0 Å². The summed E-state index contributed by atoms with van der Waals surface area (Å²) in [5.74, 6) is -1.50. The number of nitriles is 1. The Balaban J connectivity index is 2.23. The number of anilines is 1. The Hall–Kier alpha value is -3.99. The molecule has 0 bridgehead atoms. The number of aromatic amines is 1. The van der Waals surface area contributed by atoms with Gasteiger partial charge in [0.05, 0.1) is 28.3 Å². The number of rotatable bonds is 4. The Morgan fingerprint density at radius 1 is 1.35 bits per heavy atom. The van der Waals surface area contributed by atoms with E-state index in [1.54, 1.807) is 19.1 Å². The first-order chi connectivity index (χ1) is 12.4. The van der Waals surface area contributed by atoms with Crippen LogP contribution >= 0.6 is 0 Å². The van der Waals surface area contributed by atoms with Gasteiger partial charge in [0.1, 0.15) is 12.0 Å². The second-order valence-electron chi connectivity index (χ2n) is 5.56. The molecule has 0 spiro atoms. The average Bonchev–Trinajstić information content (AvgIpc) is 3.06. The molecule has 0 radical (unpaired) electrons. The zero-order chi connectivity index (χ0) is 18.8. The van der Waals surface area contributed by atoms with Crippen LogP contribution in [0.3, 0.4) is 0 Å². The molecular formula is C18H13N5O3. The Kier molecular flexibility index (Phi) is 4.21. The standard InChI is InChI=1S/C18H13N5O3/c1-9(2)17(24)23-11-4-3-10(6-19)12(5-11)15-14-13(18(25)26)7-20-16(14)22-8-21-15/h3-5,7-8H,1H2,2H3,(H,23,24)(H,25,26)(H,20,21,22). The lowest BCUT2D eigenvalue weighted by molar-refractivity contribution is -0.112. The van der Waals surface area contributed by atoms with Gasteiger partial charge in [-0.25, -0.2) is 14.8 Å². The predicted octanol–water partition coefficient (Wildman–Crippen LogP) is 2.71. The van der Waals surface area contributed by atoms with Gasteiger partial charge in [0.15, 0.2) is 0 Å². The maximum Gasteiger partial charge on any atom is 0.338 e. The van der Waals surface area contributed by atoms with E-state index in [0.717, 1.165) is 0 Å². The van der Waals surface area contributed by atoms with Crippen LogP contribution in [-0.2, 0) is 4.79 Å². The molecule has 3 N–H and O–H groups in total. The quantitative estimate of drug-likeness (QED) is 0.622. The summed E-state index contributed by atoms with van der Waals surface area (Å²) in [6.07, 6.45) is 2.60. The zero-order valence-corrected chi connectivity index (χ0v) is 13.7. The largest absolute Gasteiger partial charge is 0.478 e. The average molecular weight is 347 g/mol. The topological polar surface area (TPSA) is 132 Å². The molecule has 0 saturated heterocycles. The Morgan fingerprint density at radius 3 is 2.77 bits per heavy atom. The molecule has 128 valence electrons. The van der Waals surface area contributed by atoms with Crippen molar-refractivity contribution in [1.29, 1.82) is 5.26 Å². The van der Waals surface area contributed by atoms with Crippen LogP contribution in [0.1, 0.15) is 22.8 Å².